The topological polar surface area (TPSA) is 37.3 Å². The van der Waals surface area contributed by atoms with Crippen LogP contribution in [0.2, 0.25) is 0 Å². The quantitative estimate of drug-likeness (QED) is 0.387. The van der Waals surface area contributed by atoms with Crippen LogP contribution in [0.3, 0.4) is 0 Å². The number of aliphatic carboxylic acids is 1. The average molecular weight is 341 g/mol. The van der Waals surface area contributed by atoms with Crippen LogP contribution in [0.5, 0.6) is 0 Å². The second-order valence-electron chi connectivity index (χ2n) is 5.13. The third-order valence-electron chi connectivity index (χ3n) is 3.00. The zero-order valence-corrected chi connectivity index (χ0v) is 14.6. The molecule has 0 aliphatic heterocycles. The van der Waals surface area contributed by atoms with Crippen LogP contribution < -0.4 is 0 Å². The molecule has 0 atom stereocenters. The van der Waals surface area contributed by atoms with E-state index in [-0.39, 0.29) is 17.0 Å². The van der Waals surface area contributed by atoms with Crippen molar-refractivity contribution in [3.63, 3.8) is 0 Å². The predicted molar refractivity (Wildman–Crippen MR) is 87.8 cm³/mol. The Labute approximate surface area is 124 Å². The van der Waals surface area contributed by atoms with Crippen molar-refractivity contribution in [2.45, 2.75) is 64.2 Å². The molecule has 1 N–H and O–H groups in total. The van der Waals surface area contributed by atoms with Crippen molar-refractivity contribution in [2.75, 3.05) is 19.5 Å². The second kappa shape index (κ2) is 15.4. The Balaban J connectivity index is 0. The number of carbonyl (C=O) groups is 1. The number of carboxylic acid groups (broad SMARTS) is 1. The van der Waals surface area contributed by atoms with Gasteiger partial charge in [-0.1, -0.05) is 44.9 Å². The lowest BCUT2D eigenvalue weighted by Gasteiger charge is -2.05. The Hall–Kier alpha value is 0.380. The van der Waals surface area contributed by atoms with Gasteiger partial charge in [0.25, 0.3) is 0 Å². The minimum atomic E-state index is -0.656. The fourth-order valence-electron chi connectivity index (χ4n) is 1.94. The first-order valence-corrected chi connectivity index (χ1v) is 9.41. The molecule has 0 aromatic heterocycles. The standard InChI is InChI=1S/C14H29O2P.BrH/c1-17(2)13-11-9-7-5-3-4-6-8-10-12-14(15)16;/h3-13H2,1-2H3,(H,15,16);1H. The molecule has 0 aliphatic carbocycles. The third kappa shape index (κ3) is 18.7. The number of halogens is 1. The molecule has 110 valence electrons. The highest BCUT2D eigenvalue weighted by Gasteiger charge is 1.97. The largest absolute Gasteiger partial charge is 0.481 e. The average Bonchev–Trinajstić information content (AvgIpc) is 2.25. The maximum atomic E-state index is 10.3. The van der Waals surface area contributed by atoms with Gasteiger partial charge < -0.3 is 5.11 Å². The molecule has 0 aromatic rings. The molecule has 0 saturated carbocycles. The first-order valence-electron chi connectivity index (χ1n) is 6.99. The summed E-state index contributed by atoms with van der Waals surface area (Å²) >= 11 is 0. The summed E-state index contributed by atoms with van der Waals surface area (Å²) in [4.78, 5) is 10.3. The van der Waals surface area contributed by atoms with E-state index in [1.807, 2.05) is 0 Å². The number of rotatable bonds is 12. The van der Waals surface area contributed by atoms with Crippen LogP contribution >= 0.6 is 24.9 Å². The van der Waals surface area contributed by atoms with Gasteiger partial charge in [-0.15, -0.1) is 24.9 Å². The van der Waals surface area contributed by atoms with E-state index in [4.69, 9.17) is 5.11 Å². The number of hydrogen-bond acceptors (Lipinski definition) is 1. The molecule has 0 spiro atoms. The number of carboxylic acids is 1. The molecule has 0 radical (unpaired) electrons. The minimum absolute atomic E-state index is 0. The van der Waals surface area contributed by atoms with E-state index >= 15 is 0 Å². The molecule has 0 bridgehead atoms. The molecule has 18 heavy (non-hydrogen) atoms. The first kappa shape index (κ1) is 20.7. The summed E-state index contributed by atoms with van der Waals surface area (Å²) in [5, 5.41) is 8.48. The van der Waals surface area contributed by atoms with E-state index in [2.05, 4.69) is 13.3 Å². The molecule has 0 aliphatic rings. The van der Waals surface area contributed by atoms with Gasteiger partial charge in [-0.25, -0.2) is 0 Å². The van der Waals surface area contributed by atoms with E-state index in [1.165, 1.54) is 51.1 Å². The molecule has 0 amide bonds. The van der Waals surface area contributed by atoms with Crippen molar-refractivity contribution in [3.05, 3.63) is 0 Å². The lowest BCUT2D eigenvalue weighted by molar-refractivity contribution is -0.137. The molecule has 0 saturated heterocycles. The number of unbranched alkanes of at least 4 members (excludes halogenated alkanes) is 8. The van der Waals surface area contributed by atoms with Gasteiger partial charge in [-0.2, -0.15) is 0 Å². The Kier molecular flexibility index (Phi) is 17.7. The molecule has 0 heterocycles. The summed E-state index contributed by atoms with van der Waals surface area (Å²) < 4.78 is 0. The van der Waals surface area contributed by atoms with Gasteiger partial charge >= 0.3 is 5.97 Å². The second-order valence-corrected chi connectivity index (χ2v) is 7.74. The lowest BCUT2D eigenvalue weighted by atomic mass is 10.1. The normalized spacial score (nSPS) is 10.4. The third-order valence-corrected chi connectivity index (χ3v) is 4.21. The molecule has 0 unspecified atom stereocenters. The first-order chi connectivity index (χ1) is 8.13. The van der Waals surface area contributed by atoms with Crippen LogP contribution in [0.25, 0.3) is 0 Å². The predicted octanol–water partition coefficient (Wildman–Crippen LogP) is 5.29. The lowest BCUT2D eigenvalue weighted by Crippen LogP contribution is -1.93. The van der Waals surface area contributed by atoms with Crippen molar-refractivity contribution in [3.8, 4) is 0 Å². The van der Waals surface area contributed by atoms with E-state index in [0.717, 1.165) is 12.8 Å². The van der Waals surface area contributed by atoms with Gasteiger partial charge in [0.05, 0.1) is 0 Å². The summed E-state index contributed by atoms with van der Waals surface area (Å²) in [6.45, 7) is 4.71. The Morgan fingerprint density at radius 3 is 1.61 bits per heavy atom. The van der Waals surface area contributed by atoms with Crippen molar-refractivity contribution >= 4 is 30.9 Å². The van der Waals surface area contributed by atoms with Gasteiger partial charge in [0.1, 0.15) is 0 Å². The Bertz CT molecular complexity index is 187. The molecule has 0 aromatic carbocycles. The van der Waals surface area contributed by atoms with Crippen LogP contribution in [-0.2, 0) is 4.79 Å². The van der Waals surface area contributed by atoms with Crippen molar-refractivity contribution in [1.82, 2.24) is 0 Å². The summed E-state index contributed by atoms with van der Waals surface area (Å²) in [5.74, 6) is -0.656. The van der Waals surface area contributed by atoms with Crippen LogP contribution in [-0.4, -0.2) is 30.6 Å². The van der Waals surface area contributed by atoms with E-state index < -0.39 is 5.97 Å². The summed E-state index contributed by atoms with van der Waals surface area (Å²) in [7, 11) is 0.312. The fourth-order valence-corrected chi connectivity index (χ4v) is 2.80. The zero-order chi connectivity index (χ0) is 12.9. The molecule has 2 nitrogen and oxygen atoms in total. The highest BCUT2D eigenvalue weighted by Crippen LogP contribution is 2.26. The Morgan fingerprint density at radius 1 is 0.833 bits per heavy atom. The van der Waals surface area contributed by atoms with Crippen molar-refractivity contribution in [2.24, 2.45) is 0 Å². The highest BCUT2D eigenvalue weighted by molar-refractivity contribution is 8.93. The molecular weight excluding hydrogens is 311 g/mol. The van der Waals surface area contributed by atoms with E-state index in [1.54, 1.807) is 0 Å². The summed E-state index contributed by atoms with van der Waals surface area (Å²) in [6.07, 6.45) is 13.1. The highest BCUT2D eigenvalue weighted by atomic mass is 79.9. The van der Waals surface area contributed by atoms with Crippen LogP contribution in [0, 0.1) is 0 Å². The van der Waals surface area contributed by atoms with Crippen LogP contribution in [0.1, 0.15) is 64.2 Å². The van der Waals surface area contributed by atoms with Gasteiger partial charge in [0.2, 0.25) is 0 Å². The Morgan fingerprint density at radius 2 is 1.22 bits per heavy atom. The fraction of sp³-hybridized carbons (Fsp3) is 0.929. The van der Waals surface area contributed by atoms with Crippen LogP contribution in [0.15, 0.2) is 0 Å². The van der Waals surface area contributed by atoms with Gasteiger partial charge in [0, 0.05) is 6.42 Å². The zero-order valence-electron chi connectivity index (χ0n) is 12.0. The minimum Gasteiger partial charge on any atom is -0.481 e. The smallest absolute Gasteiger partial charge is 0.303 e. The van der Waals surface area contributed by atoms with Crippen molar-refractivity contribution in [1.29, 1.82) is 0 Å². The SMILES string of the molecule is Br.CP(C)CCCCCCCCCCCC(=O)O. The van der Waals surface area contributed by atoms with Crippen LogP contribution in [0.4, 0.5) is 0 Å². The maximum absolute atomic E-state index is 10.3. The van der Waals surface area contributed by atoms with Gasteiger partial charge in [-0.05, 0) is 32.3 Å². The molecule has 4 heteroatoms. The molecular formula is C14H30BrO2P. The monoisotopic (exact) mass is 340 g/mol. The van der Waals surface area contributed by atoms with E-state index in [0.29, 0.717) is 14.3 Å². The summed E-state index contributed by atoms with van der Waals surface area (Å²) in [6, 6.07) is 0. The molecule has 0 fully saturated rings. The van der Waals surface area contributed by atoms with Crippen molar-refractivity contribution < 1.29 is 9.90 Å². The van der Waals surface area contributed by atoms with E-state index in [9.17, 15) is 4.79 Å². The van der Waals surface area contributed by atoms with Gasteiger partial charge in [0.15, 0.2) is 0 Å². The molecule has 0 rings (SSSR count). The number of hydrogen-bond donors (Lipinski definition) is 1. The maximum Gasteiger partial charge on any atom is 0.303 e. The summed E-state index contributed by atoms with van der Waals surface area (Å²) in [5.41, 5.74) is 0. The van der Waals surface area contributed by atoms with Gasteiger partial charge in [-0.3, -0.25) is 4.79 Å².